The van der Waals surface area contributed by atoms with Gasteiger partial charge in [0, 0.05) is 42.5 Å². The van der Waals surface area contributed by atoms with Gasteiger partial charge in [-0.3, -0.25) is 4.40 Å². The normalized spacial score (nSPS) is 13.4. The molecule has 3 aromatic heterocycles. The molecule has 0 saturated heterocycles. The van der Waals surface area contributed by atoms with Gasteiger partial charge < -0.3 is 0 Å². The average molecular weight is 1190 g/mol. The molecular formula is C79H60N4S3Si. The van der Waals surface area contributed by atoms with E-state index < -0.39 is 8.07 Å². The van der Waals surface area contributed by atoms with Crippen LogP contribution in [0.4, 0.5) is 0 Å². The van der Waals surface area contributed by atoms with Crippen LogP contribution in [-0.2, 0) is 10.8 Å². The van der Waals surface area contributed by atoms with Crippen molar-refractivity contribution in [3.63, 3.8) is 0 Å². The van der Waals surface area contributed by atoms with Crippen LogP contribution >= 0.6 is 34.9 Å². The molecule has 0 atom stereocenters. The Kier molecular flexibility index (Phi) is 12.7. The van der Waals surface area contributed by atoms with E-state index in [1.165, 1.54) is 61.7 Å². The lowest BCUT2D eigenvalue weighted by Gasteiger charge is -2.44. The van der Waals surface area contributed by atoms with E-state index in [2.05, 4.69) is 295 Å². The molecule has 2 aliphatic rings. The molecule has 87 heavy (non-hydrogen) atoms. The summed E-state index contributed by atoms with van der Waals surface area (Å²) in [5.74, 6) is 0.722. The first-order valence-corrected chi connectivity index (χ1v) is 34.4. The number of thiazole rings is 1. The maximum Gasteiger partial charge on any atom is 0.195 e. The highest BCUT2D eigenvalue weighted by atomic mass is 32.2. The summed E-state index contributed by atoms with van der Waals surface area (Å²) in [6.07, 6.45) is 2.02. The van der Waals surface area contributed by atoms with Crippen LogP contribution in [0.1, 0.15) is 52.7 Å². The molecule has 0 radical (unpaired) electrons. The first kappa shape index (κ1) is 53.6. The van der Waals surface area contributed by atoms with Gasteiger partial charge in [0.05, 0.1) is 26.9 Å². The van der Waals surface area contributed by atoms with Gasteiger partial charge in [-0.05, 0) is 147 Å². The fourth-order valence-electron chi connectivity index (χ4n) is 14.0. The average Bonchev–Trinajstić information content (AvgIpc) is 1.45. The van der Waals surface area contributed by atoms with Crippen molar-refractivity contribution in [2.45, 2.75) is 72.0 Å². The predicted molar refractivity (Wildman–Crippen MR) is 371 cm³/mol. The Morgan fingerprint density at radius 2 is 0.897 bits per heavy atom. The highest BCUT2D eigenvalue weighted by Gasteiger charge is 2.52. The van der Waals surface area contributed by atoms with Gasteiger partial charge in [0.1, 0.15) is 0 Å². The summed E-state index contributed by atoms with van der Waals surface area (Å²) in [4.78, 5) is 23.3. The number of aromatic nitrogens is 4. The predicted octanol–water partition coefficient (Wildman–Crippen LogP) is 19.1. The van der Waals surface area contributed by atoms with Crippen LogP contribution in [-0.4, -0.2) is 27.4 Å². The number of nitrogens with zero attached hydrogens (tertiary/aromatic N) is 4. The largest absolute Gasteiger partial charge is 0.283 e. The number of rotatable bonds is 7. The van der Waals surface area contributed by atoms with Crippen molar-refractivity contribution in [1.82, 2.24) is 19.4 Å². The highest BCUT2D eigenvalue weighted by molar-refractivity contribution is 8.01. The molecule has 0 bridgehead atoms. The van der Waals surface area contributed by atoms with Crippen LogP contribution in [0.25, 0.3) is 104 Å². The third-order valence-corrected chi connectivity index (χ3v) is 26.8. The van der Waals surface area contributed by atoms with Gasteiger partial charge >= 0.3 is 0 Å². The van der Waals surface area contributed by atoms with Gasteiger partial charge in [-0.1, -0.05) is 271 Å². The van der Waals surface area contributed by atoms with E-state index in [9.17, 15) is 0 Å². The Morgan fingerprint density at radius 3 is 1.53 bits per heavy atom. The summed E-state index contributed by atoms with van der Waals surface area (Å²) in [7, 11) is -2.95. The highest BCUT2D eigenvalue weighted by Crippen LogP contribution is 2.52. The monoisotopic (exact) mass is 1190 g/mol. The van der Waals surface area contributed by atoms with Gasteiger partial charge in [-0.2, -0.15) is 0 Å². The van der Waals surface area contributed by atoms with Crippen LogP contribution in [0.5, 0.6) is 0 Å². The number of hydrogen-bond acceptors (Lipinski definition) is 6. The molecule has 0 amide bonds. The molecule has 1 spiro atoms. The summed E-state index contributed by atoms with van der Waals surface area (Å²) in [5.41, 5.74) is 19.5. The summed E-state index contributed by atoms with van der Waals surface area (Å²) in [5, 5.41) is 5.70. The minimum absolute atomic E-state index is 0.177. The second-order valence-electron chi connectivity index (χ2n) is 25.0. The van der Waals surface area contributed by atoms with E-state index in [-0.39, 0.29) is 10.8 Å². The molecule has 11 aromatic carbocycles. The van der Waals surface area contributed by atoms with Crippen LogP contribution in [0.2, 0.25) is 0 Å². The molecule has 4 nitrogen and oxygen atoms in total. The third kappa shape index (κ3) is 8.58. The van der Waals surface area contributed by atoms with Gasteiger partial charge in [0.2, 0.25) is 0 Å². The maximum atomic E-state index is 6.07. The Hall–Kier alpha value is -8.89. The molecule has 2 aliphatic heterocycles. The van der Waals surface area contributed by atoms with Crippen molar-refractivity contribution >= 4 is 89.9 Å². The Bertz CT molecular complexity index is 5010. The summed E-state index contributed by atoms with van der Waals surface area (Å²) < 4.78 is 3.58. The molecule has 0 saturated carbocycles. The topological polar surface area (TPSA) is 43.1 Å². The van der Waals surface area contributed by atoms with Crippen molar-refractivity contribution < 1.29 is 0 Å². The smallest absolute Gasteiger partial charge is 0.195 e. The van der Waals surface area contributed by atoms with Crippen molar-refractivity contribution in [2.75, 3.05) is 0 Å². The number of fused-ring (bicyclic) bond motifs is 13. The SMILES string of the molecule is CC(C)(C)c1ccc2c(c1-c1nccc(-c3c(-c4ccccc4)c(-c4ccccc4)cc(-c4cccc(-c5c(C(C)(C)C)ccc6c5nc5sc7ccccc7n56)c4)c3-c3ccccc3)n1)Sc1ccccc1[Si]21c2ccccc2Sc2ccccc21. The van der Waals surface area contributed by atoms with Crippen molar-refractivity contribution in [3.8, 4) is 78.3 Å². The number of imidazole rings is 1. The molecule has 5 heterocycles. The Morgan fingerprint density at radius 1 is 0.379 bits per heavy atom. The third-order valence-electron chi connectivity index (χ3n) is 17.7. The van der Waals surface area contributed by atoms with Gasteiger partial charge in [-0.15, -0.1) is 0 Å². The summed E-state index contributed by atoms with van der Waals surface area (Å²) >= 11 is 5.56. The number of hydrogen-bond donors (Lipinski definition) is 0. The van der Waals surface area contributed by atoms with E-state index in [1.807, 2.05) is 29.7 Å². The van der Waals surface area contributed by atoms with Crippen LogP contribution in [0, 0.1) is 0 Å². The van der Waals surface area contributed by atoms with Gasteiger partial charge in [0.25, 0.3) is 0 Å². The lowest BCUT2D eigenvalue weighted by atomic mass is 9.78. The number of para-hydroxylation sites is 1. The molecule has 16 rings (SSSR count). The maximum absolute atomic E-state index is 6.07. The quantitative estimate of drug-likeness (QED) is 0.149. The Balaban J connectivity index is 0.995. The standard InChI is InChI=1S/C79H60N4S3Si/c1-78(2,3)56-41-43-60-74(82-77-83(60)59-33-16-17-34-61(59)86-77)71(56)53-32-24-31-52(47-53)55-48-54(49-25-10-7-11-26-49)69(50-27-12-8-13-28-50)73(70(55)51-29-14-9-15-30-51)58-45-46-80-76(81-58)72-57(79(4,5)6)42-44-68-75(72)85-64-37-20-23-40-67(64)87(68)65-38-21-18-35-62(65)84-63-36-19-22-39-66(63)87/h7-48H,1-6H3. The van der Waals surface area contributed by atoms with Crippen LogP contribution in [0.15, 0.2) is 274 Å². The first-order chi connectivity index (χ1) is 42.4. The lowest BCUT2D eigenvalue weighted by Crippen LogP contribution is -2.78. The second-order valence-corrected chi connectivity index (χ2v) is 31.8. The zero-order valence-corrected chi connectivity index (χ0v) is 52.7. The molecule has 0 N–H and O–H groups in total. The zero-order valence-electron chi connectivity index (χ0n) is 49.3. The molecule has 418 valence electrons. The molecule has 0 aliphatic carbocycles. The van der Waals surface area contributed by atoms with E-state index >= 15 is 0 Å². The summed E-state index contributed by atoms with van der Waals surface area (Å²) in [6, 6.07) is 92.6. The first-order valence-electron chi connectivity index (χ1n) is 29.9. The fraction of sp³-hybridized carbons (Fsp3) is 0.101. The van der Waals surface area contributed by atoms with Crippen molar-refractivity contribution in [1.29, 1.82) is 0 Å². The minimum atomic E-state index is -2.95. The van der Waals surface area contributed by atoms with E-state index in [0.717, 1.165) is 94.3 Å². The molecule has 14 aromatic rings. The minimum Gasteiger partial charge on any atom is -0.283 e. The molecule has 0 unspecified atom stereocenters. The van der Waals surface area contributed by atoms with Gasteiger partial charge in [0.15, 0.2) is 18.9 Å². The van der Waals surface area contributed by atoms with Gasteiger partial charge in [-0.25, -0.2) is 15.0 Å². The van der Waals surface area contributed by atoms with Crippen LogP contribution < -0.4 is 20.7 Å². The van der Waals surface area contributed by atoms with E-state index in [0.29, 0.717) is 0 Å². The summed E-state index contributed by atoms with van der Waals surface area (Å²) in [6.45, 7) is 14.0. The fourth-order valence-corrected chi connectivity index (χ4v) is 24.3. The Labute approximate surface area is 521 Å². The lowest BCUT2D eigenvalue weighted by molar-refractivity contribution is 0.590. The number of benzene rings is 11. The van der Waals surface area contributed by atoms with E-state index in [1.54, 1.807) is 11.3 Å². The van der Waals surface area contributed by atoms with Crippen molar-refractivity contribution in [2.24, 2.45) is 0 Å². The molecular weight excluding hydrogens is 1130 g/mol. The van der Waals surface area contributed by atoms with Crippen LogP contribution in [0.3, 0.4) is 0 Å². The molecule has 8 heteroatoms. The zero-order chi connectivity index (χ0) is 58.8. The van der Waals surface area contributed by atoms with Crippen molar-refractivity contribution in [3.05, 3.63) is 266 Å². The van der Waals surface area contributed by atoms with E-state index in [4.69, 9.17) is 15.0 Å². The molecule has 0 fully saturated rings. The second kappa shape index (κ2) is 20.6.